The molecule has 0 fully saturated rings. The number of rotatable bonds is 5. The number of fused-ring (bicyclic) bond motifs is 1. The van der Waals surface area contributed by atoms with Crippen LogP contribution in [0.25, 0.3) is 22.1 Å². The van der Waals surface area contributed by atoms with Gasteiger partial charge < -0.3 is 13.9 Å². The van der Waals surface area contributed by atoms with Gasteiger partial charge >= 0.3 is 5.97 Å². The van der Waals surface area contributed by atoms with E-state index in [4.69, 9.17) is 13.9 Å². The van der Waals surface area contributed by atoms with Gasteiger partial charge in [-0.1, -0.05) is 31.2 Å². The lowest BCUT2D eigenvalue weighted by atomic mass is 9.97. The molecule has 0 saturated carbocycles. The summed E-state index contributed by atoms with van der Waals surface area (Å²) in [5.41, 5.74) is 3.94. The Morgan fingerprint density at radius 1 is 1.16 bits per heavy atom. The Hall–Kier alpha value is -2.75. The lowest BCUT2D eigenvalue weighted by Crippen LogP contribution is -2.01. The van der Waals surface area contributed by atoms with Crippen LogP contribution < -0.4 is 4.74 Å². The fraction of sp³-hybridized carbons (Fsp3) is 0.286. The van der Waals surface area contributed by atoms with Crippen LogP contribution in [0.15, 0.2) is 41.0 Å². The van der Waals surface area contributed by atoms with Gasteiger partial charge in [-0.2, -0.15) is 0 Å². The summed E-state index contributed by atoms with van der Waals surface area (Å²) in [6.07, 6.45) is 2.64. The quantitative estimate of drug-likeness (QED) is 0.611. The molecule has 0 aliphatic carbocycles. The molecule has 0 amide bonds. The predicted octanol–water partition coefficient (Wildman–Crippen LogP) is 5.04. The van der Waals surface area contributed by atoms with E-state index in [0.29, 0.717) is 5.76 Å². The van der Waals surface area contributed by atoms with E-state index in [2.05, 4.69) is 25.1 Å². The molecule has 0 spiro atoms. The maximum atomic E-state index is 11.2. The van der Waals surface area contributed by atoms with Crippen molar-refractivity contribution in [3.63, 3.8) is 0 Å². The van der Waals surface area contributed by atoms with Gasteiger partial charge in [0.15, 0.2) is 0 Å². The normalized spacial score (nSPS) is 10.9. The summed E-state index contributed by atoms with van der Waals surface area (Å²) in [4.78, 5) is 11.2. The zero-order chi connectivity index (χ0) is 18.0. The van der Waals surface area contributed by atoms with Crippen LogP contribution in [0, 0.1) is 6.92 Å². The van der Waals surface area contributed by atoms with Crippen LogP contribution >= 0.6 is 0 Å². The summed E-state index contributed by atoms with van der Waals surface area (Å²) in [7, 11) is 1.67. The molecule has 4 nitrogen and oxygen atoms in total. The van der Waals surface area contributed by atoms with Gasteiger partial charge in [0.1, 0.15) is 18.1 Å². The third-order valence-electron chi connectivity index (χ3n) is 4.46. The number of hydrogen-bond donors (Lipinski definition) is 0. The number of benzene rings is 2. The highest BCUT2D eigenvalue weighted by atomic mass is 16.5. The molecular formula is C21H22O4. The van der Waals surface area contributed by atoms with Crippen molar-refractivity contribution < 1.29 is 18.7 Å². The highest BCUT2D eigenvalue weighted by molar-refractivity contribution is 5.96. The number of carbonyl (C=O) groups is 1. The van der Waals surface area contributed by atoms with E-state index in [1.807, 2.05) is 19.1 Å². The molecule has 2 aromatic carbocycles. The van der Waals surface area contributed by atoms with E-state index in [0.717, 1.165) is 34.2 Å². The molecule has 4 heteroatoms. The van der Waals surface area contributed by atoms with E-state index in [-0.39, 0.29) is 12.6 Å². The van der Waals surface area contributed by atoms with E-state index in [1.54, 1.807) is 13.4 Å². The molecule has 0 radical (unpaired) electrons. The summed E-state index contributed by atoms with van der Waals surface area (Å²) in [5, 5.41) is 2.22. The first-order valence-electron chi connectivity index (χ1n) is 8.36. The highest BCUT2D eigenvalue weighted by Crippen LogP contribution is 2.40. The zero-order valence-corrected chi connectivity index (χ0v) is 15.0. The fourth-order valence-corrected chi connectivity index (χ4v) is 3.15. The Kier molecular flexibility index (Phi) is 4.79. The summed E-state index contributed by atoms with van der Waals surface area (Å²) < 4.78 is 16.7. The topological polar surface area (TPSA) is 48.7 Å². The van der Waals surface area contributed by atoms with Crippen molar-refractivity contribution in [2.24, 2.45) is 0 Å². The van der Waals surface area contributed by atoms with E-state index >= 15 is 0 Å². The first-order valence-corrected chi connectivity index (χ1v) is 8.36. The smallest absolute Gasteiger partial charge is 0.302 e. The van der Waals surface area contributed by atoms with Crippen molar-refractivity contribution in [2.75, 3.05) is 7.11 Å². The fourth-order valence-electron chi connectivity index (χ4n) is 3.15. The summed E-state index contributed by atoms with van der Waals surface area (Å²) in [5.74, 6) is 1.13. The van der Waals surface area contributed by atoms with Crippen LogP contribution in [0.5, 0.6) is 5.75 Å². The standard InChI is InChI=1S/C21H22O4/c1-5-15-7-6-8-17-16(15)9-10-18(20(17)23-4)21-19(12-24-14(3)22)13(2)11-25-21/h6-11H,5,12H2,1-4H3. The Morgan fingerprint density at radius 3 is 2.64 bits per heavy atom. The molecule has 3 rings (SSSR count). The monoisotopic (exact) mass is 338 g/mol. The Labute approximate surface area is 147 Å². The van der Waals surface area contributed by atoms with Crippen molar-refractivity contribution in [1.82, 2.24) is 0 Å². The van der Waals surface area contributed by atoms with Crippen LogP contribution in [0.1, 0.15) is 30.5 Å². The molecule has 0 saturated heterocycles. The molecule has 0 unspecified atom stereocenters. The molecule has 130 valence electrons. The summed E-state index contributed by atoms with van der Waals surface area (Å²) >= 11 is 0. The van der Waals surface area contributed by atoms with Gasteiger partial charge in [-0.3, -0.25) is 4.79 Å². The Bertz CT molecular complexity index is 921. The largest absolute Gasteiger partial charge is 0.495 e. The average Bonchev–Trinajstić information content (AvgIpc) is 2.98. The first kappa shape index (κ1) is 17.1. The second kappa shape index (κ2) is 7.01. The predicted molar refractivity (Wildman–Crippen MR) is 97.8 cm³/mol. The Balaban J connectivity index is 2.18. The number of aryl methyl sites for hydroxylation is 2. The molecule has 0 N–H and O–H groups in total. The molecule has 25 heavy (non-hydrogen) atoms. The van der Waals surface area contributed by atoms with Crippen molar-refractivity contribution in [3.05, 3.63) is 53.3 Å². The number of hydrogen-bond acceptors (Lipinski definition) is 4. The zero-order valence-electron chi connectivity index (χ0n) is 15.0. The summed E-state index contributed by atoms with van der Waals surface area (Å²) in [6, 6.07) is 10.3. The number of esters is 1. The van der Waals surface area contributed by atoms with Gasteiger partial charge in [0, 0.05) is 17.9 Å². The van der Waals surface area contributed by atoms with E-state index in [9.17, 15) is 4.79 Å². The molecule has 0 aliphatic heterocycles. The third kappa shape index (κ3) is 3.12. The lowest BCUT2D eigenvalue weighted by Gasteiger charge is -2.14. The second-order valence-electron chi connectivity index (χ2n) is 6.02. The van der Waals surface area contributed by atoms with Crippen LogP contribution in [0.2, 0.25) is 0 Å². The van der Waals surface area contributed by atoms with Gasteiger partial charge in [-0.15, -0.1) is 0 Å². The van der Waals surface area contributed by atoms with Crippen molar-refractivity contribution in [3.8, 4) is 17.1 Å². The third-order valence-corrected chi connectivity index (χ3v) is 4.46. The number of methoxy groups -OCH3 is 1. The molecule has 1 aromatic heterocycles. The van der Waals surface area contributed by atoms with E-state index in [1.165, 1.54) is 17.9 Å². The maximum Gasteiger partial charge on any atom is 0.302 e. The van der Waals surface area contributed by atoms with E-state index < -0.39 is 0 Å². The SMILES string of the molecule is CCc1cccc2c(OC)c(-c3occ(C)c3COC(C)=O)ccc12. The van der Waals surface area contributed by atoms with Gasteiger partial charge in [0.05, 0.1) is 18.9 Å². The molecule has 0 aliphatic rings. The van der Waals surface area contributed by atoms with Crippen LogP contribution in [0.3, 0.4) is 0 Å². The number of ether oxygens (including phenoxy) is 2. The van der Waals surface area contributed by atoms with Crippen LogP contribution in [-0.2, 0) is 22.6 Å². The number of furan rings is 1. The highest BCUT2D eigenvalue weighted by Gasteiger charge is 2.20. The van der Waals surface area contributed by atoms with Gasteiger partial charge in [0.25, 0.3) is 0 Å². The second-order valence-corrected chi connectivity index (χ2v) is 6.02. The van der Waals surface area contributed by atoms with Gasteiger partial charge in [-0.05, 0) is 35.9 Å². The first-order chi connectivity index (χ1) is 12.1. The molecule has 0 bridgehead atoms. The van der Waals surface area contributed by atoms with Gasteiger partial charge in [0.2, 0.25) is 0 Å². The molecule has 0 atom stereocenters. The maximum absolute atomic E-state index is 11.2. The van der Waals surface area contributed by atoms with Crippen LogP contribution in [-0.4, -0.2) is 13.1 Å². The van der Waals surface area contributed by atoms with Crippen LogP contribution in [0.4, 0.5) is 0 Å². The summed E-state index contributed by atoms with van der Waals surface area (Å²) in [6.45, 7) is 5.66. The number of carbonyl (C=O) groups excluding carboxylic acids is 1. The molecule has 1 heterocycles. The van der Waals surface area contributed by atoms with Gasteiger partial charge in [-0.25, -0.2) is 0 Å². The minimum Gasteiger partial charge on any atom is -0.495 e. The Morgan fingerprint density at radius 2 is 1.96 bits per heavy atom. The minimum absolute atomic E-state index is 0.184. The molecule has 3 aromatic rings. The minimum atomic E-state index is -0.315. The van der Waals surface area contributed by atoms with Crippen molar-refractivity contribution >= 4 is 16.7 Å². The van der Waals surface area contributed by atoms with Crippen molar-refractivity contribution in [2.45, 2.75) is 33.8 Å². The average molecular weight is 338 g/mol. The van der Waals surface area contributed by atoms with Crippen molar-refractivity contribution in [1.29, 1.82) is 0 Å². The molecular weight excluding hydrogens is 316 g/mol. The lowest BCUT2D eigenvalue weighted by molar-refractivity contribution is -0.142.